The zero-order valence-corrected chi connectivity index (χ0v) is 29.9. The molecule has 7 rings (SSSR count). The van der Waals surface area contributed by atoms with Gasteiger partial charge in [-0.15, -0.1) is 0 Å². The average Bonchev–Trinajstić information content (AvgIpc) is 3.11. The summed E-state index contributed by atoms with van der Waals surface area (Å²) >= 11 is 0. The lowest BCUT2D eigenvalue weighted by Crippen LogP contribution is -2.41. The van der Waals surface area contributed by atoms with Gasteiger partial charge < -0.3 is 4.90 Å². The first-order valence-corrected chi connectivity index (χ1v) is 18.9. The molecule has 0 radical (unpaired) electrons. The third-order valence-electron chi connectivity index (χ3n) is 11.0. The monoisotopic (exact) mass is 671 g/mol. The molecule has 7 heteroatoms. The summed E-state index contributed by atoms with van der Waals surface area (Å²) in [4.78, 5) is 60.3. The van der Waals surface area contributed by atoms with Crippen molar-refractivity contribution in [2.45, 2.75) is 90.4 Å². The summed E-state index contributed by atoms with van der Waals surface area (Å²) in [6.07, 6.45) is 14.7. The number of imide groups is 2. The van der Waals surface area contributed by atoms with E-state index >= 15 is 0 Å². The topological polar surface area (TPSA) is 78.0 Å². The largest absolute Gasteiger partial charge is 0.309 e. The lowest BCUT2D eigenvalue weighted by Gasteiger charge is -2.30. The number of hydrogen-bond acceptors (Lipinski definition) is 5. The molecule has 5 aromatic carbocycles. The minimum atomic E-state index is -0.242. The normalized spacial score (nSPS) is 14.6. The molecule has 2 heterocycles. The van der Waals surface area contributed by atoms with Crippen LogP contribution in [-0.4, -0.2) is 72.1 Å². The van der Waals surface area contributed by atoms with Gasteiger partial charge in [-0.25, -0.2) is 0 Å². The summed E-state index contributed by atoms with van der Waals surface area (Å²) in [5.74, 6) is -0.936. The minimum Gasteiger partial charge on any atom is -0.309 e. The molecule has 7 nitrogen and oxygen atoms in total. The maximum Gasteiger partial charge on any atom is 0.261 e. The maximum absolute atomic E-state index is 13.9. The number of benzene rings is 5. The van der Waals surface area contributed by atoms with Crippen LogP contribution in [0.2, 0.25) is 0 Å². The lowest BCUT2D eigenvalue weighted by molar-refractivity contribution is 0.0592. The average molecular weight is 672 g/mol. The van der Waals surface area contributed by atoms with Gasteiger partial charge in [0.1, 0.15) is 0 Å². The van der Waals surface area contributed by atoms with Crippen molar-refractivity contribution in [3.63, 3.8) is 0 Å². The van der Waals surface area contributed by atoms with Gasteiger partial charge in [-0.1, -0.05) is 95.4 Å². The third kappa shape index (κ3) is 5.93. The Kier molecular flexibility index (Phi) is 9.87. The Morgan fingerprint density at radius 3 is 1.08 bits per heavy atom. The standard InChI is InChI=1S/C43H49N3O4/c1-4-5-6-7-8-9-10-11-12-15-26-45-40(47)32-21-17-28-30-19-23-34-39-35(43(50)46(42(34)49)27-16-13-14-25-44(2)3)24-20-31(37(30)39)29-18-22-33(41(45)48)38(32)36(28)29/h17-24H,4-16,25-27H2,1-3H3. The van der Waals surface area contributed by atoms with Gasteiger partial charge in [0.2, 0.25) is 0 Å². The maximum atomic E-state index is 13.9. The number of fused-ring (bicyclic) bond motifs is 2. The Hall–Kier alpha value is -4.36. The van der Waals surface area contributed by atoms with E-state index in [1.807, 2.05) is 62.6 Å². The highest BCUT2D eigenvalue weighted by Gasteiger charge is 2.36. The first-order valence-electron chi connectivity index (χ1n) is 18.9. The summed E-state index contributed by atoms with van der Waals surface area (Å²) in [7, 11) is 4.09. The predicted molar refractivity (Wildman–Crippen MR) is 203 cm³/mol. The molecule has 2 aliphatic rings. The van der Waals surface area contributed by atoms with Gasteiger partial charge in [0, 0.05) is 46.1 Å². The Balaban J connectivity index is 1.16. The number of unbranched alkanes of at least 4 members (excludes halogenated alkanes) is 11. The second kappa shape index (κ2) is 14.5. The zero-order valence-electron chi connectivity index (χ0n) is 29.9. The highest BCUT2D eigenvalue weighted by molar-refractivity contribution is 6.41. The van der Waals surface area contributed by atoms with Crippen molar-refractivity contribution in [1.29, 1.82) is 0 Å². The second-order valence-corrected chi connectivity index (χ2v) is 14.7. The van der Waals surface area contributed by atoms with Gasteiger partial charge >= 0.3 is 0 Å². The molecule has 4 amide bonds. The Labute approximate surface area is 294 Å². The molecule has 0 spiro atoms. The fourth-order valence-corrected chi connectivity index (χ4v) is 8.41. The molecule has 0 N–H and O–H groups in total. The lowest BCUT2D eigenvalue weighted by atomic mass is 9.82. The van der Waals surface area contributed by atoms with E-state index < -0.39 is 0 Å². The molecule has 0 unspecified atom stereocenters. The van der Waals surface area contributed by atoms with Gasteiger partial charge in [-0.2, -0.15) is 0 Å². The van der Waals surface area contributed by atoms with Crippen LogP contribution in [0.25, 0.3) is 43.1 Å². The van der Waals surface area contributed by atoms with E-state index in [2.05, 4.69) is 11.8 Å². The second-order valence-electron chi connectivity index (χ2n) is 14.7. The summed E-state index contributed by atoms with van der Waals surface area (Å²) < 4.78 is 0. The molecule has 0 saturated carbocycles. The first kappa shape index (κ1) is 34.1. The molecule has 0 fully saturated rings. The van der Waals surface area contributed by atoms with Crippen LogP contribution in [-0.2, 0) is 0 Å². The molecule has 2 aliphatic heterocycles. The van der Waals surface area contributed by atoms with Crippen LogP contribution < -0.4 is 0 Å². The van der Waals surface area contributed by atoms with Crippen LogP contribution >= 0.6 is 0 Å². The van der Waals surface area contributed by atoms with Crippen molar-refractivity contribution in [3.8, 4) is 0 Å². The van der Waals surface area contributed by atoms with E-state index in [9.17, 15) is 19.2 Å². The SMILES string of the molecule is CCCCCCCCCCCCN1C(=O)c2ccc3c4ccc5c6c(ccc(c7ccc(c2c37)C1=O)c64)C(=O)N(CCCCCN(C)C)C5=O. The zero-order chi connectivity index (χ0) is 34.9. The quantitative estimate of drug-likeness (QED) is 0.0426. The number of nitrogens with zero attached hydrogens (tertiary/aromatic N) is 3. The molecule has 0 aromatic heterocycles. The van der Waals surface area contributed by atoms with Crippen LogP contribution in [0.3, 0.4) is 0 Å². The number of hydrogen-bond donors (Lipinski definition) is 0. The Morgan fingerprint density at radius 2 is 0.740 bits per heavy atom. The van der Waals surface area contributed by atoms with Gasteiger partial charge in [0.05, 0.1) is 0 Å². The van der Waals surface area contributed by atoms with E-state index in [1.165, 1.54) is 54.7 Å². The minimum absolute atomic E-state index is 0.226. The van der Waals surface area contributed by atoms with Gasteiger partial charge in [-0.3, -0.25) is 29.0 Å². The molecule has 0 bridgehead atoms. The van der Waals surface area contributed by atoms with E-state index in [0.717, 1.165) is 77.4 Å². The molecule has 0 saturated heterocycles. The Bertz CT molecular complexity index is 1990. The smallest absolute Gasteiger partial charge is 0.261 e. The number of carbonyl (C=O) groups excluding carboxylic acids is 4. The van der Waals surface area contributed by atoms with Crippen LogP contribution in [0, 0.1) is 0 Å². The molecule has 260 valence electrons. The summed E-state index contributed by atoms with van der Waals surface area (Å²) in [6.45, 7) is 4.06. The van der Waals surface area contributed by atoms with Crippen molar-refractivity contribution < 1.29 is 19.2 Å². The van der Waals surface area contributed by atoms with Crippen molar-refractivity contribution in [2.75, 3.05) is 33.7 Å². The van der Waals surface area contributed by atoms with Gasteiger partial charge in [0.25, 0.3) is 23.6 Å². The number of rotatable bonds is 17. The van der Waals surface area contributed by atoms with Crippen molar-refractivity contribution >= 4 is 66.7 Å². The predicted octanol–water partition coefficient (Wildman–Crippen LogP) is 9.58. The molecular weight excluding hydrogens is 622 g/mol. The van der Waals surface area contributed by atoms with Crippen LogP contribution in [0.5, 0.6) is 0 Å². The molecule has 50 heavy (non-hydrogen) atoms. The van der Waals surface area contributed by atoms with E-state index in [0.29, 0.717) is 46.1 Å². The number of carbonyl (C=O) groups is 4. The van der Waals surface area contributed by atoms with E-state index in [-0.39, 0.29) is 23.6 Å². The highest BCUT2D eigenvalue weighted by Crippen LogP contribution is 2.46. The molecule has 0 aliphatic carbocycles. The van der Waals surface area contributed by atoms with Gasteiger partial charge in [-0.05, 0) is 96.5 Å². The molecule has 5 aromatic rings. The highest BCUT2D eigenvalue weighted by atomic mass is 16.2. The first-order chi connectivity index (χ1) is 24.3. The van der Waals surface area contributed by atoms with Crippen LogP contribution in [0.1, 0.15) is 132 Å². The fourth-order valence-electron chi connectivity index (χ4n) is 8.41. The van der Waals surface area contributed by atoms with E-state index in [1.54, 1.807) is 0 Å². The molecule has 0 atom stereocenters. The van der Waals surface area contributed by atoms with Crippen molar-refractivity contribution in [2.24, 2.45) is 0 Å². The Morgan fingerprint density at radius 1 is 0.420 bits per heavy atom. The van der Waals surface area contributed by atoms with Gasteiger partial charge in [0.15, 0.2) is 0 Å². The number of amides is 4. The van der Waals surface area contributed by atoms with Crippen molar-refractivity contribution in [3.05, 3.63) is 70.8 Å². The molecular formula is C43H49N3O4. The summed E-state index contributed by atoms with van der Waals surface area (Å²) in [5.41, 5.74) is 2.23. The third-order valence-corrected chi connectivity index (χ3v) is 11.0. The fraction of sp³-hybridized carbons (Fsp3) is 0.442. The summed E-state index contributed by atoms with van der Waals surface area (Å²) in [5, 5.41) is 6.87. The summed E-state index contributed by atoms with van der Waals surface area (Å²) in [6, 6.07) is 15.3. The van der Waals surface area contributed by atoms with Crippen molar-refractivity contribution in [1.82, 2.24) is 14.7 Å². The van der Waals surface area contributed by atoms with Crippen LogP contribution in [0.4, 0.5) is 0 Å². The van der Waals surface area contributed by atoms with Crippen LogP contribution in [0.15, 0.2) is 48.5 Å². The van der Waals surface area contributed by atoms with E-state index in [4.69, 9.17) is 0 Å².